The van der Waals surface area contributed by atoms with E-state index in [1.54, 1.807) is 6.07 Å². The number of rotatable bonds is 4. The van der Waals surface area contributed by atoms with E-state index in [1.807, 2.05) is 0 Å². The standard InChI is InChI=1S/C8H10O6S/c1-12-6-4-3-5-7(13-2)8(6)14-15(9,10)11/h3-5H,1-2H3,(H,9,10,11)/p-1. The van der Waals surface area contributed by atoms with E-state index in [0.29, 0.717) is 0 Å². The van der Waals surface area contributed by atoms with Crippen LogP contribution in [0.25, 0.3) is 0 Å². The Hall–Kier alpha value is -1.47. The van der Waals surface area contributed by atoms with Crippen LogP contribution in [-0.2, 0) is 10.4 Å². The minimum absolute atomic E-state index is 0.105. The molecule has 0 N–H and O–H groups in total. The third kappa shape index (κ3) is 3.00. The molecule has 15 heavy (non-hydrogen) atoms. The Morgan fingerprint density at radius 2 is 1.60 bits per heavy atom. The largest absolute Gasteiger partial charge is 0.716 e. The molecule has 1 aromatic carbocycles. The van der Waals surface area contributed by atoms with Crippen molar-refractivity contribution in [2.45, 2.75) is 0 Å². The fourth-order valence-electron chi connectivity index (χ4n) is 1.00. The van der Waals surface area contributed by atoms with Crippen LogP contribution in [0, 0.1) is 0 Å². The van der Waals surface area contributed by atoms with Crippen molar-refractivity contribution in [2.24, 2.45) is 0 Å². The van der Waals surface area contributed by atoms with Crippen molar-refractivity contribution < 1.29 is 26.6 Å². The summed E-state index contributed by atoms with van der Waals surface area (Å²) in [6.07, 6.45) is 0. The van der Waals surface area contributed by atoms with Crippen LogP contribution in [0.5, 0.6) is 17.2 Å². The number of hydrogen-bond donors (Lipinski definition) is 0. The van der Waals surface area contributed by atoms with Gasteiger partial charge in [-0.3, -0.25) is 0 Å². The zero-order valence-electron chi connectivity index (χ0n) is 8.09. The maximum absolute atomic E-state index is 10.4. The molecule has 0 aliphatic heterocycles. The van der Waals surface area contributed by atoms with Crippen LogP contribution in [0.15, 0.2) is 18.2 Å². The highest BCUT2D eigenvalue weighted by molar-refractivity contribution is 7.81. The number of benzene rings is 1. The summed E-state index contributed by atoms with van der Waals surface area (Å²) in [5.74, 6) is -0.0416. The second kappa shape index (κ2) is 4.37. The van der Waals surface area contributed by atoms with Crippen molar-refractivity contribution in [3.8, 4) is 17.2 Å². The molecule has 0 bridgehead atoms. The van der Waals surface area contributed by atoms with Gasteiger partial charge in [-0.15, -0.1) is 0 Å². The third-order valence-corrected chi connectivity index (χ3v) is 1.94. The molecule has 1 aromatic rings. The fourth-order valence-corrected chi connectivity index (χ4v) is 1.37. The lowest BCUT2D eigenvalue weighted by Gasteiger charge is -2.14. The molecule has 0 atom stereocenters. The summed E-state index contributed by atoms with van der Waals surface area (Å²) in [5.41, 5.74) is 0. The first-order valence-electron chi connectivity index (χ1n) is 3.84. The molecule has 0 aliphatic rings. The van der Waals surface area contributed by atoms with E-state index in [4.69, 9.17) is 9.47 Å². The monoisotopic (exact) mass is 233 g/mol. The summed E-state index contributed by atoms with van der Waals surface area (Å²) in [7, 11) is -2.22. The van der Waals surface area contributed by atoms with Crippen LogP contribution in [0.3, 0.4) is 0 Å². The number of methoxy groups -OCH3 is 2. The lowest BCUT2D eigenvalue weighted by Crippen LogP contribution is -2.09. The average Bonchev–Trinajstić information content (AvgIpc) is 2.16. The van der Waals surface area contributed by atoms with E-state index >= 15 is 0 Å². The summed E-state index contributed by atoms with van der Waals surface area (Å²) in [6.45, 7) is 0. The highest BCUT2D eigenvalue weighted by Gasteiger charge is 2.13. The molecule has 0 saturated carbocycles. The Balaban J connectivity index is 3.22. The van der Waals surface area contributed by atoms with Crippen LogP contribution in [0.1, 0.15) is 0 Å². The predicted octanol–water partition coefficient (Wildman–Crippen LogP) is 0.543. The zero-order valence-corrected chi connectivity index (χ0v) is 8.91. The van der Waals surface area contributed by atoms with E-state index in [-0.39, 0.29) is 17.2 Å². The molecule has 84 valence electrons. The molecular formula is C8H9O6S-. The third-order valence-electron chi connectivity index (χ3n) is 1.57. The summed E-state index contributed by atoms with van der Waals surface area (Å²) in [4.78, 5) is 0. The molecular weight excluding hydrogens is 224 g/mol. The van der Waals surface area contributed by atoms with Crippen molar-refractivity contribution >= 4 is 10.4 Å². The summed E-state index contributed by atoms with van der Waals surface area (Å²) < 4.78 is 45.2. The van der Waals surface area contributed by atoms with Crippen LogP contribution < -0.4 is 13.7 Å². The molecule has 0 amide bonds. The lowest BCUT2D eigenvalue weighted by atomic mass is 10.3. The highest BCUT2D eigenvalue weighted by Crippen LogP contribution is 2.37. The molecule has 0 saturated heterocycles. The van der Waals surface area contributed by atoms with Gasteiger partial charge in [0.25, 0.3) is 10.4 Å². The van der Waals surface area contributed by atoms with Gasteiger partial charge in [0.05, 0.1) is 14.2 Å². The zero-order chi connectivity index (χ0) is 11.5. The minimum Gasteiger partial charge on any atom is -0.716 e. The Labute approximate surface area is 87.3 Å². The van der Waals surface area contributed by atoms with Crippen molar-refractivity contribution in [1.82, 2.24) is 0 Å². The van der Waals surface area contributed by atoms with Gasteiger partial charge in [0.1, 0.15) is 0 Å². The van der Waals surface area contributed by atoms with Gasteiger partial charge in [0.15, 0.2) is 11.5 Å². The first kappa shape index (κ1) is 11.6. The quantitative estimate of drug-likeness (QED) is 0.557. The molecule has 6 nitrogen and oxygen atoms in total. The highest BCUT2D eigenvalue weighted by atomic mass is 32.3. The second-order valence-corrected chi connectivity index (χ2v) is 3.47. The minimum atomic E-state index is -4.85. The van der Waals surface area contributed by atoms with E-state index in [9.17, 15) is 13.0 Å². The van der Waals surface area contributed by atoms with Crippen LogP contribution >= 0.6 is 0 Å². The van der Waals surface area contributed by atoms with Crippen molar-refractivity contribution in [1.29, 1.82) is 0 Å². The van der Waals surface area contributed by atoms with Gasteiger partial charge >= 0.3 is 0 Å². The summed E-state index contributed by atoms with van der Waals surface area (Å²) in [5, 5.41) is 0. The molecule has 0 spiro atoms. The first-order valence-corrected chi connectivity index (χ1v) is 5.17. The van der Waals surface area contributed by atoms with Crippen molar-refractivity contribution in [3.05, 3.63) is 18.2 Å². The Morgan fingerprint density at radius 3 is 1.93 bits per heavy atom. The predicted molar refractivity (Wildman–Crippen MR) is 49.9 cm³/mol. The van der Waals surface area contributed by atoms with Crippen molar-refractivity contribution in [2.75, 3.05) is 14.2 Å². The van der Waals surface area contributed by atoms with Crippen LogP contribution in [0.4, 0.5) is 0 Å². The van der Waals surface area contributed by atoms with Crippen molar-refractivity contribution in [3.63, 3.8) is 0 Å². The number of hydrogen-bond acceptors (Lipinski definition) is 6. The van der Waals surface area contributed by atoms with Crippen LogP contribution in [0.2, 0.25) is 0 Å². The average molecular weight is 233 g/mol. The van der Waals surface area contributed by atoms with E-state index < -0.39 is 10.4 Å². The summed E-state index contributed by atoms with van der Waals surface area (Å²) >= 11 is 0. The molecule has 0 unspecified atom stereocenters. The fraction of sp³-hybridized carbons (Fsp3) is 0.250. The van der Waals surface area contributed by atoms with Gasteiger partial charge < -0.3 is 18.2 Å². The molecule has 7 heteroatoms. The Bertz CT molecular complexity index is 416. The Morgan fingerprint density at radius 1 is 1.13 bits per heavy atom. The van der Waals surface area contributed by atoms with Gasteiger partial charge in [-0.2, -0.15) is 0 Å². The van der Waals surface area contributed by atoms with Gasteiger partial charge in [-0.05, 0) is 12.1 Å². The van der Waals surface area contributed by atoms with E-state index in [0.717, 1.165) is 0 Å². The van der Waals surface area contributed by atoms with Crippen LogP contribution in [-0.4, -0.2) is 27.2 Å². The molecule has 0 heterocycles. The maximum Gasteiger partial charge on any atom is 0.262 e. The normalized spacial score (nSPS) is 10.9. The number of ether oxygens (including phenoxy) is 2. The Kier molecular flexibility index (Phi) is 3.38. The van der Waals surface area contributed by atoms with E-state index in [2.05, 4.69) is 4.18 Å². The van der Waals surface area contributed by atoms with E-state index in [1.165, 1.54) is 26.4 Å². The van der Waals surface area contributed by atoms with Gasteiger partial charge in [-0.25, -0.2) is 8.42 Å². The lowest BCUT2D eigenvalue weighted by molar-refractivity contribution is 0.331. The van der Waals surface area contributed by atoms with Gasteiger partial charge in [0, 0.05) is 0 Å². The summed E-state index contributed by atoms with van der Waals surface area (Å²) in [6, 6.07) is 4.47. The molecule has 1 rings (SSSR count). The van der Waals surface area contributed by atoms with Gasteiger partial charge in [0.2, 0.25) is 5.75 Å². The SMILES string of the molecule is COc1cccc(OC)c1OS(=O)(=O)[O-]. The molecule has 0 fully saturated rings. The molecule has 0 radical (unpaired) electrons. The smallest absolute Gasteiger partial charge is 0.262 e. The topological polar surface area (TPSA) is 84.9 Å². The molecule has 0 aliphatic carbocycles. The molecule has 0 aromatic heterocycles. The maximum atomic E-state index is 10.4. The first-order chi connectivity index (χ1) is 6.98. The number of para-hydroxylation sites is 1. The second-order valence-electron chi connectivity index (χ2n) is 2.48. The van der Waals surface area contributed by atoms with Gasteiger partial charge in [-0.1, -0.05) is 6.07 Å².